The van der Waals surface area contributed by atoms with Gasteiger partial charge in [-0.2, -0.15) is 5.26 Å². The molecular formula is C19H27BN2O3. The van der Waals surface area contributed by atoms with Crippen LogP contribution in [-0.2, 0) is 9.31 Å². The van der Waals surface area contributed by atoms with E-state index in [9.17, 15) is 10.4 Å². The lowest BCUT2D eigenvalue weighted by Crippen LogP contribution is -2.41. The van der Waals surface area contributed by atoms with Gasteiger partial charge in [0.15, 0.2) is 0 Å². The van der Waals surface area contributed by atoms with Crippen LogP contribution in [0.4, 0.5) is 5.69 Å². The van der Waals surface area contributed by atoms with E-state index in [-0.39, 0.29) is 12.1 Å². The third kappa shape index (κ3) is 3.69. The number of nitriles is 1. The number of anilines is 1. The number of hydrogen-bond acceptors (Lipinski definition) is 5. The van der Waals surface area contributed by atoms with Crippen LogP contribution in [0.3, 0.4) is 0 Å². The predicted molar refractivity (Wildman–Crippen MR) is 98.8 cm³/mol. The molecule has 0 bridgehead atoms. The Morgan fingerprint density at radius 1 is 1.12 bits per heavy atom. The molecule has 1 saturated heterocycles. The van der Waals surface area contributed by atoms with Crippen molar-refractivity contribution >= 4 is 18.3 Å². The monoisotopic (exact) mass is 342 g/mol. The van der Waals surface area contributed by atoms with Crippen molar-refractivity contribution in [2.75, 3.05) is 5.32 Å². The van der Waals surface area contributed by atoms with Gasteiger partial charge < -0.3 is 19.7 Å². The molecule has 0 unspecified atom stereocenters. The molecule has 2 N–H and O–H groups in total. The maximum atomic E-state index is 9.67. The fraction of sp³-hybridized carbons (Fsp3) is 0.632. The average molecular weight is 342 g/mol. The van der Waals surface area contributed by atoms with Crippen LogP contribution < -0.4 is 10.8 Å². The van der Waals surface area contributed by atoms with Crippen molar-refractivity contribution in [1.29, 1.82) is 5.26 Å². The smallest absolute Gasteiger partial charge is 0.399 e. The summed E-state index contributed by atoms with van der Waals surface area (Å²) in [4.78, 5) is 0. The van der Waals surface area contributed by atoms with Crippen molar-refractivity contribution in [3.05, 3.63) is 23.8 Å². The van der Waals surface area contributed by atoms with E-state index in [1.165, 1.54) is 0 Å². The van der Waals surface area contributed by atoms with E-state index in [0.29, 0.717) is 5.56 Å². The molecule has 1 aliphatic heterocycles. The van der Waals surface area contributed by atoms with E-state index >= 15 is 0 Å². The van der Waals surface area contributed by atoms with Crippen molar-refractivity contribution in [1.82, 2.24) is 0 Å². The Morgan fingerprint density at radius 2 is 1.72 bits per heavy atom. The third-order valence-corrected chi connectivity index (χ3v) is 5.75. The Labute approximate surface area is 150 Å². The SMILES string of the molecule is CC1(C)OB(c2ccc(C#N)c(NC3CCC(O)CC3)c2)OC1(C)C. The molecule has 6 heteroatoms. The maximum absolute atomic E-state index is 9.67. The maximum Gasteiger partial charge on any atom is 0.494 e. The molecule has 1 aromatic carbocycles. The molecule has 0 aromatic heterocycles. The normalized spacial score (nSPS) is 27.8. The van der Waals surface area contributed by atoms with E-state index in [2.05, 4.69) is 11.4 Å². The first kappa shape index (κ1) is 18.3. The van der Waals surface area contributed by atoms with Crippen LogP contribution in [0.1, 0.15) is 58.9 Å². The second-order valence-corrected chi connectivity index (χ2v) is 8.15. The van der Waals surface area contributed by atoms with E-state index in [1.807, 2.05) is 45.9 Å². The van der Waals surface area contributed by atoms with Crippen LogP contribution in [-0.4, -0.2) is 35.6 Å². The Morgan fingerprint density at radius 3 is 2.28 bits per heavy atom. The molecule has 1 heterocycles. The molecule has 25 heavy (non-hydrogen) atoms. The van der Waals surface area contributed by atoms with Gasteiger partial charge in [-0.1, -0.05) is 6.07 Å². The number of nitrogens with one attached hydrogen (secondary N) is 1. The Bertz CT molecular complexity index is 660. The summed E-state index contributed by atoms with van der Waals surface area (Å²) < 4.78 is 12.2. The number of nitrogens with zero attached hydrogens (tertiary/aromatic N) is 1. The molecular weight excluding hydrogens is 315 g/mol. The Hall–Kier alpha value is -1.55. The van der Waals surface area contributed by atoms with Crippen molar-refractivity contribution < 1.29 is 14.4 Å². The van der Waals surface area contributed by atoms with E-state index in [4.69, 9.17) is 9.31 Å². The average Bonchev–Trinajstić information content (AvgIpc) is 2.77. The van der Waals surface area contributed by atoms with E-state index < -0.39 is 18.3 Å². The lowest BCUT2D eigenvalue weighted by molar-refractivity contribution is 0.00578. The lowest BCUT2D eigenvalue weighted by Gasteiger charge is -2.32. The molecule has 0 spiro atoms. The zero-order valence-corrected chi connectivity index (χ0v) is 15.5. The van der Waals surface area contributed by atoms with Crippen LogP contribution in [0.15, 0.2) is 18.2 Å². The summed E-state index contributed by atoms with van der Waals surface area (Å²) in [5.41, 5.74) is 1.57. The third-order valence-electron chi connectivity index (χ3n) is 5.75. The highest BCUT2D eigenvalue weighted by Crippen LogP contribution is 2.36. The second-order valence-electron chi connectivity index (χ2n) is 8.15. The van der Waals surface area contributed by atoms with Gasteiger partial charge in [-0.3, -0.25) is 0 Å². The topological polar surface area (TPSA) is 74.5 Å². The number of rotatable bonds is 3. The summed E-state index contributed by atoms with van der Waals surface area (Å²) in [5.74, 6) is 0. The highest BCUT2D eigenvalue weighted by atomic mass is 16.7. The van der Waals surface area contributed by atoms with Crippen molar-refractivity contribution in [3.8, 4) is 6.07 Å². The first-order valence-electron chi connectivity index (χ1n) is 9.06. The second kappa shape index (κ2) is 6.64. The van der Waals surface area contributed by atoms with Crippen molar-refractivity contribution in [2.45, 2.75) is 76.7 Å². The quantitative estimate of drug-likeness (QED) is 0.826. The van der Waals surface area contributed by atoms with E-state index in [1.54, 1.807) is 0 Å². The van der Waals surface area contributed by atoms with Gasteiger partial charge in [0, 0.05) is 6.04 Å². The van der Waals surface area contributed by atoms with Gasteiger partial charge >= 0.3 is 7.12 Å². The van der Waals surface area contributed by atoms with Crippen LogP contribution in [0.25, 0.3) is 0 Å². The predicted octanol–water partition coefficient (Wildman–Crippen LogP) is 2.57. The molecule has 2 aliphatic rings. The minimum Gasteiger partial charge on any atom is -0.399 e. The molecule has 1 aliphatic carbocycles. The summed E-state index contributed by atoms with van der Waals surface area (Å²) >= 11 is 0. The zero-order valence-electron chi connectivity index (χ0n) is 15.5. The van der Waals surface area contributed by atoms with Crippen molar-refractivity contribution in [2.24, 2.45) is 0 Å². The highest BCUT2D eigenvalue weighted by molar-refractivity contribution is 6.62. The minimum absolute atomic E-state index is 0.190. The summed E-state index contributed by atoms with van der Waals surface area (Å²) in [7, 11) is -0.438. The molecule has 0 atom stereocenters. The molecule has 3 rings (SSSR count). The fourth-order valence-corrected chi connectivity index (χ4v) is 3.34. The standard InChI is InChI=1S/C19H27BN2O3/c1-18(2)19(3,4)25-20(24-18)14-6-5-13(12-21)17(11-14)22-15-7-9-16(23)10-8-15/h5-6,11,15-16,22-23H,7-10H2,1-4H3. The van der Waals surface area contributed by atoms with Gasteiger partial charge in [-0.05, 0) is 71.0 Å². The number of aliphatic hydroxyl groups excluding tert-OH is 1. The van der Waals surface area contributed by atoms with Gasteiger partial charge in [-0.25, -0.2) is 0 Å². The van der Waals surface area contributed by atoms with Gasteiger partial charge in [0.1, 0.15) is 6.07 Å². The summed E-state index contributed by atoms with van der Waals surface area (Å²) in [5, 5.41) is 22.6. The number of hydrogen-bond donors (Lipinski definition) is 2. The van der Waals surface area contributed by atoms with Crippen LogP contribution >= 0.6 is 0 Å². The summed E-state index contributed by atoms with van der Waals surface area (Å²) in [6, 6.07) is 8.22. The van der Waals surface area contributed by atoms with E-state index in [0.717, 1.165) is 36.8 Å². The molecule has 0 radical (unpaired) electrons. The van der Waals surface area contributed by atoms with Crippen molar-refractivity contribution in [3.63, 3.8) is 0 Å². The lowest BCUT2D eigenvalue weighted by atomic mass is 9.78. The summed E-state index contributed by atoms with van der Waals surface area (Å²) in [6.07, 6.45) is 3.23. The molecule has 1 saturated carbocycles. The molecule has 2 fully saturated rings. The Kier molecular flexibility index (Phi) is 4.85. The van der Waals surface area contributed by atoms with Crippen LogP contribution in [0.2, 0.25) is 0 Å². The largest absolute Gasteiger partial charge is 0.494 e. The van der Waals surface area contributed by atoms with Gasteiger partial charge in [0.05, 0.1) is 28.6 Å². The zero-order chi connectivity index (χ0) is 18.2. The number of benzene rings is 1. The Balaban J connectivity index is 1.80. The van der Waals surface area contributed by atoms with Crippen LogP contribution in [0.5, 0.6) is 0 Å². The minimum atomic E-state index is -0.438. The number of aliphatic hydroxyl groups is 1. The first-order chi connectivity index (χ1) is 11.7. The molecule has 1 aromatic rings. The molecule has 0 amide bonds. The molecule has 134 valence electrons. The summed E-state index contributed by atoms with van der Waals surface area (Å²) in [6.45, 7) is 8.12. The van der Waals surface area contributed by atoms with Gasteiger partial charge in [0.25, 0.3) is 0 Å². The highest BCUT2D eigenvalue weighted by Gasteiger charge is 2.51. The van der Waals surface area contributed by atoms with Gasteiger partial charge in [-0.15, -0.1) is 0 Å². The van der Waals surface area contributed by atoms with Gasteiger partial charge in [0.2, 0.25) is 0 Å². The fourth-order valence-electron chi connectivity index (χ4n) is 3.34. The first-order valence-corrected chi connectivity index (χ1v) is 9.06. The molecule has 5 nitrogen and oxygen atoms in total. The van der Waals surface area contributed by atoms with Crippen LogP contribution in [0, 0.1) is 11.3 Å².